The lowest BCUT2D eigenvalue weighted by Crippen LogP contribution is -2.02. The van der Waals surface area contributed by atoms with Gasteiger partial charge < -0.3 is 10.1 Å². The van der Waals surface area contributed by atoms with Crippen LogP contribution in [0, 0.1) is 0 Å². The number of hydrogen-bond acceptors (Lipinski definition) is 6. The fourth-order valence-electron chi connectivity index (χ4n) is 1.42. The Kier molecular flexibility index (Phi) is 4.16. The van der Waals surface area contributed by atoms with Gasteiger partial charge in [-0.05, 0) is 0 Å². The Balaban J connectivity index is 2.23. The summed E-state index contributed by atoms with van der Waals surface area (Å²) in [5, 5.41) is 8.01. The molecule has 0 radical (unpaired) electrons. The van der Waals surface area contributed by atoms with E-state index in [1.165, 1.54) is 0 Å². The molecule has 6 nitrogen and oxygen atoms in total. The van der Waals surface area contributed by atoms with E-state index < -0.39 is 0 Å². The molecule has 0 aliphatic rings. The number of nitrogens with zero attached hydrogens (tertiary/aromatic N) is 4. The minimum atomic E-state index is 0.399. The molecule has 2 aromatic rings. The number of rotatable bonds is 5. The van der Waals surface area contributed by atoms with E-state index >= 15 is 0 Å². The molecule has 0 unspecified atom stereocenters. The summed E-state index contributed by atoms with van der Waals surface area (Å²) in [6.45, 7) is 0.399. The fraction of sp³-hybridized carbons (Fsp3) is 0.364. The van der Waals surface area contributed by atoms with E-state index in [0.717, 1.165) is 15.7 Å². The van der Waals surface area contributed by atoms with Gasteiger partial charge in [0, 0.05) is 33.5 Å². The van der Waals surface area contributed by atoms with E-state index in [1.54, 1.807) is 23.6 Å². The molecule has 0 aromatic carbocycles. The molecule has 2 heterocycles. The van der Waals surface area contributed by atoms with Gasteiger partial charge in [0.25, 0.3) is 0 Å². The van der Waals surface area contributed by atoms with Gasteiger partial charge in [0.15, 0.2) is 5.82 Å². The summed E-state index contributed by atoms with van der Waals surface area (Å²) >= 11 is 1.55. The first-order chi connectivity index (χ1) is 8.71. The minimum absolute atomic E-state index is 0.399. The molecule has 0 spiro atoms. The van der Waals surface area contributed by atoms with Crippen molar-refractivity contribution in [3.05, 3.63) is 24.3 Å². The number of methoxy groups -OCH3 is 1. The van der Waals surface area contributed by atoms with Gasteiger partial charge in [0.2, 0.25) is 0 Å². The third-order valence-corrected chi connectivity index (χ3v) is 3.05. The summed E-state index contributed by atoms with van der Waals surface area (Å²) in [7, 11) is 5.35. The standard InChI is InChI=1S/C11H15N5OS/c1-12-9-4-11(15-10(14-9)7-17-3)18-8-5-13-16(2)6-8/h4-6H,7H2,1-3H3,(H,12,14,15). The van der Waals surface area contributed by atoms with Gasteiger partial charge in [0.05, 0.1) is 11.1 Å². The smallest absolute Gasteiger partial charge is 0.157 e. The van der Waals surface area contributed by atoms with E-state index in [9.17, 15) is 0 Å². The SMILES string of the molecule is CNc1cc(Sc2cnn(C)c2)nc(COC)n1. The maximum Gasteiger partial charge on any atom is 0.157 e. The molecule has 96 valence electrons. The van der Waals surface area contributed by atoms with Crippen LogP contribution in [0.1, 0.15) is 5.82 Å². The zero-order valence-corrected chi connectivity index (χ0v) is 11.4. The molecule has 0 fully saturated rings. The lowest BCUT2D eigenvalue weighted by Gasteiger charge is -2.06. The van der Waals surface area contributed by atoms with Crippen LogP contribution < -0.4 is 5.32 Å². The molecule has 18 heavy (non-hydrogen) atoms. The number of hydrogen-bond donors (Lipinski definition) is 1. The highest BCUT2D eigenvalue weighted by atomic mass is 32.2. The van der Waals surface area contributed by atoms with Gasteiger partial charge in [0.1, 0.15) is 17.5 Å². The van der Waals surface area contributed by atoms with Crippen molar-refractivity contribution < 1.29 is 4.74 Å². The van der Waals surface area contributed by atoms with Crippen LogP contribution in [0.25, 0.3) is 0 Å². The van der Waals surface area contributed by atoms with Gasteiger partial charge in [-0.3, -0.25) is 4.68 Å². The molecule has 0 atom stereocenters. The van der Waals surface area contributed by atoms with Crippen molar-refractivity contribution in [2.24, 2.45) is 7.05 Å². The number of aryl methyl sites for hydroxylation is 1. The van der Waals surface area contributed by atoms with E-state index in [-0.39, 0.29) is 0 Å². The number of ether oxygens (including phenoxy) is 1. The van der Waals surface area contributed by atoms with Crippen LogP contribution in [-0.4, -0.2) is 33.9 Å². The summed E-state index contributed by atoms with van der Waals surface area (Å²) in [5.74, 6) is 1.44. The molecule has 2 rings (SSSR count). The van der Waals surface area contributed by atoms with Gasteiger partial charge in [-0.2, -0.15) is 5.10 Å². The highest BCUT2D eigenvalue weighted by Crippen LogP contribution is 2.26. The van der Waals surface area contributed by atoms with Crippen LogP contribution in [0.2, 0.25) is 0 Å². The predicted molar refractivity (Wildman–Crippen MR) is 69.6 cm³/mol. The molecule has 0 saturated carbocycles. The summed E-state index contributed by atoms with van der Waals surface area (Å²) in [5.41, 5.74) is 0. The molecule has 1 N–H and O–H groups in total. The molecule has 2 aromatic heterocycles. The average molecular weight is 265 g/mol. The largest absolute Gasteiger partial charge is 0.377 e. The van der Waals surface area contributed by atoms with Crippen molar-refractivity contribution >= 4 is 17.6 Å². The Labute approximate surface area is 110 Å². The molecule has 0 amide bonds. The first-order valence-electron chi connectivity index (χ1n) is 5.42. The van der Waals surface area contributed by atoms with Crippen molar-refractivity contribution in [2.45, 2.75) is 16.5 Å². The van der Waals surface area contributed by atoms with E-state index in [2.05, 4.69) is 20.4 Å². The summed E-state index contributed by atoms with van der Waals surface area (Å²) < 4.78 is 6.82. The second kappa shape index (κ2) is 5.83. The molecule has 0 saturated heterocycles. The first-order valence-corrected chi connectivity index (χ1v) is 6.24. The Hall–Kier alpha value is -1.60. The molecule has 0 bridgehead atoms. The van der Waals surface area contributed by atoms with Gasteiger partial charge in [-0.15, -0.1) is 0 Å². The van der Waals surface area contributed by atoms with Crippen LogP contribution >= 0.6 is 11.8 Å². The zero-order valence-electron chi connectivity index (χ0n) is 10.5. The van der Waals surface area contributed by atoms with Crippen molar-refractivity contribution in [2.75, 3.05) is 19.5 Å². The van der Waals surface area contributed by atoms with Crippen LogP contribution in [0.4, 0.5) is 5.82 Å². The fourth-order valence-corrected chi connectivity index (χ4v) is 2.29. The van der Waals surface area contributed by atoms with Crippen molar-refractivity contribution in [3.8, 4) is 0 Å². The lowest BCUT2D eigenvalue weighted by molar-refractivity contribution is 0.177. The van der Waals surface area contributed by atoms with E-state index in [4.69, 9.17) is 4.74 Å². The molecule has 7 heteroatoms. The van der Waals surface area contributed by atoms with Crippen molar-refractivity contribution in [1.82, 2.24) is 19.7 Å². The molecule has 0 aliphatic carbocycles. The Morgan fingerprint density at radius 2 is 2.28 bits per heavy atom. The van der Waals surface area contributed by atoms with Gasteiger partial charge >= 0.3 is 0 Å². The summed E-state index contributed by atoms with van der Waals surface area (Å²) in [6, 6.07) is 1.90. The molecule has 0 aliphatic heterocycles. The molecular formula is C11H15N5OS. The highest BCUT2D eigenvalue weighted by molar-refractivity contribution is 7.99. The van der Waals surface area contributed by atoms with Crippen molar-refractivity contribution in [3.63, 3.8) is 0 Å². The second-order valence-electron chi connectivity index (χ2n) is 3.64. The highest BCUT2D eigenvalue weighted by Gasteiger charge is 2.06. The maximum atomic E-state index is 5.06. The maximum absolute atomic E-state index is 5.06. The lowest BCUT2D eigenvalue weighted by atomic mass is 10.5. The van der Waals surface area contributed by atoms with Crippen LogP contribution in [-0.2, 0) is 18.4 Å². The Bertz CT molecular complexity index is 528. The van der Waals surface area contributed by atoms with Gasteiger partial charge in [-0.1, -0.05) is 11.8 Å². The third-order valence-electron chi connectivity index (χ3n) is 2.18. The zero-order chi connectivity index (χ0) is 13.0. The number of aromatic nitrogens is 4. The summed E-state index contributed by atoms with van der Waals surface area (Å²) in [4.78, 5) is 9.78. The van der Waals surface area contributed by atoms with Crippen LogP contribution in [0.5, 0.6) is 0 Å². The minimum Gasteiger partial charge on any atom is -0.377 e. The van der Waals surface area contributed by atoms with Crippen LogP contribution in [0.15, 0.2) is 28.4 Å². The normalized spacial score (nSPS) is 10.6. The molecular weight excluding hydrogens is 250 g/mol. The predicted octanol–water partition coefficient (Wildman–Crippen LogP) is 1.55. The Morgan fingerprint density at radius 3 is 2.89 bits per heavy atom. The number of nitrogens with one attached hydrogen (secondary N) is 1. The monoisotopic (exact) mass is 265 g/mol. The van der Waals surface area contributed by atoms with Crippen LogP contribution in [0.3, 0.4) is 0 Å². The van der Waals surface area contributed by atoms with E-state index in [0.29, 0.717) is 12.4 Å². The van der Waals surface area contributed by atoms with E-state index in [1.807, 2.05) is 32.6 Å². The Morgan fingerprint density at radius 1 is 1.44 bits per heavy atom. The summed E-state index contributed by atoms with van der Waals surface area (Å²) in [6.07, 6.45) is 3.75. The second-order valence-corrected chi connectivity index (χ2v) is 4.74. The average Bonchev–Trinajstić information content (AvgIpc) is 2.75. The topological polar surface area (TPSA) is 64.9 Å². The van der Waals surface area contributed by atoms with Crippen molar-refractivity contribution in [1.29, 1.82) is 0 Å². The first kappa shape index (κ1) is 12.8. The quantitative estimate of drug-likeness (QED) is 0.827. The van der Waals surface area contributed by atoms with Gasteiger partial charge in [-0.25, -0.2) is 9.97 Å². The third kappa shape index (κ3) is 3.21. The number of anilines is 1.